The van der Waals surface area contributed by atoms with Gasteiger partial charge >= 0.3 is 0 Å². The molecule has 1 aromatic heterocycles. The number of fused-ring (bicyclic) bond motifs is 1. The Kier molecular flexibility index (Phi) is 6.84. The molecule has 2 N–H and O–H groups in total. The van der Waals surface area contributed by atoms with Crippen molar-refractivity contribution in [3.8, 4) is 0 Å². The van der Waals surface area contributed by atoms with Gasteiger partial charge in [0, 0.05) is 30.3 Å². The van der Waals surface area contributed by atoms with E-state index in [2.05, 4.69) is 10.6 Å². The number of hydrogen-bond donors (Lipinski definition) is 2. The van der Waals surface area contributed by atoms with Crippen LogP contribution in [0, 0.1) is 0 Å². The number of benzene rings is 2. The Morgan fingerprint density at radius 1 is 1.16 bits per heavy atom. The molecule has 1 fully saturated rings. The normalized spacial score (nSPS) is 15.8. The van der Waals surface area contributed by atoms with Crippen LogP contribution >= 0.6 is 11.6 Å². The number of hydrogen-bond acceptors (Lipinski definition) is 4. The molecule has 2 heterocycles. The van der Waals surface area contributed by atoms with Gasteiger partial charge < -0.3 is 19.9 Å². The zero-order valence-corrected chi connectivity index (χ0v) is 17.9. The smallest absolute Gasteiger partial charge is 0.249 e. The summed E-state index contributed by atoms with van der Waals surface area (Å²) in [5.74, 6) is 0.630. The summed E-state index contributed by atoms with van der Waals surface area (Å²) in [7, 11) is 0. The van der Waals surface area contributed by atoms with Gasteiger partial charge in [-0.3, -0.25) is 9.59 Å². The second-order valence-electron chi connectivity index (χ2n) is 7.55. The Hall–Kier alpha value is -2.90. The highest BCUT2D eigenvalue weighted by Gasteiger charge is 2.23. The number of nitrogens with one attached hydrogen (secondary N) is 2. The zero-order valence-electron chi connectivity index (χ0n) is 17.1. The number of nitrogens with zero attached hydrogens (tertiary/aromatic N) is 2. The lowest BCUT2D eigenvalue weighted by atomic mass is 10.2. The van der Waals surface area contributed by atoms with Gasteiger partial charge in [0.1, 0.15) is 18.5 Å². The predicted octanol–water partition coefficient (Wildman–Crippen LogP) is 3.56. The number of carbonyl (C=O) groups excluding carboxylic acids is 2. The highest BCUT2D eigenvalue weighted by Crippen LogP contribution is 2.18. The molecule has 0 spiro atoms. The molecule has 7 nitrogen and oxygen atoms in total. The number of aryl methyl sites for hydroxylation is 1. The molecule has 1 atom stereocenters. The molecule has 0 bridgehead atoms. The maximum Gasteiger partial charge on any atom is 0.249 e. The van der Waals surface area contributed by atoms with Crippen LogP contribution in [0.4, 0.5) is 5.69 Å². The average Bonchev–Trinajstić information content (AvgIpc) is 3.42. The van der Waals surface area contributed by atoms with E-state index in [4.69, 9.17) is 21.3 Å². The lowest BCUT2D eigenvalue weighted by molar-refractivity contribution is -0.130. The fourth-order valence-corrected chi connectivity index (χ4v) is 3.85. The number of ether oxygens (including phenoxy) is 1. The van der Waals surface area contributed by atoms with Gasteiger partial charge in [0.15, 0.2) is 0 Å². The minimum atomic E-state index is -0.318. The Morgan fingerprint density at radius 3 is 2.74 bits per heavy atom. The van der Waals surface area contributed by atoms with E-state index < -0.39 is 0 Å². The zero-order chi connectivity index (χ0) is 21.6. The molecule has 1 unspecified atom stereocenters. The first kappa shape index (κ1) is 21.3. The number of anilines is 1. The van der Waals surface area contributed by atoms with Crippen LogP contribution in [-0.2, 0) is 27.3 Å². The summed E-state index contributed by atoms with van der Waals surface area (Å²) in [4.78, 5) is 29.5. The van der Waals surface area contributed by atoms with Crippen LogP contribution in [0.1, 0.15) is 25.1 Å². The molecule has 3 aromatic rings. The molecule has 31 heavy (non-hydrogen) atoms. The summed E-state index contributed by atoms with van der Waals surface area (Å²) in [6, 6.07) is 14.8. The van der Waals surface area contributed by atoms with Crippen LogP contribution in [0.15, 0.2) is 48.5 Å². The van der Waals surface area contributed by atoms with E-state index in [1.807, 2.05) is 28.8 Å². The van der Waals surface area contributed by atoms with E-state index in [0.29, 0.717) is 30.3 Å². The third-order valence-corrected chi connectivity index (χ3v) is 5.51. The summed E-state index contributed by atoms with van der Waals surface area (Å²) in [5.41, 5.74) is 2.45. The molecule has 0 aliphatic carbocycles. The summed E-state index contributed by atoms with van der Waals surface area (Å²) in [5, 5.41) is 6.45. The minimum absolute atomic E-state index is 0.0478. The van der Waals surface area contributed by atoms with Crippen molar-refractivity contribution in [2.75, 3.05) is 18.5 Å². The monoisotopic (exact) mass is 440 g/mol. The Bertz CT molecular complexity index is 1060. The third-order valence-electron chi connectivity index (χ3n) is 5.26. The number of amides is 2. The van der Waals surface area contributed by atoms with Crippen LogP contribution in [0.25, 0.3) is 11.0 Å². The first-order valence-corrected chi connectivity index (χ1v) is 10.9. The number of aromatic nitrogens is 2. The van der Waals surface area contributed by atoms with Gasteiger partial charge in [-0.1, -0.05) is 23.7 Å². The summed E-state index contributed by atoms with van der Waals surface area (Å²) in [6.07, 6.45) is 2.76. The van der Waals surface area contributed by atoms with Gasteiger partial charge in [0.2, 0.25) is 11.8 Å². The fraction of sp³-hybridized carbons (Fsp3) is 0.348. The van der Waals surface area contributed by atoms with Crippen LogP contribution in [-0.4, -0.2) is 40.6 Å². The second-order valence-corrected chi connectivity index (χ2v) is 7.99. The maximum absolute atomic E-state index is 12.7. The van der Waals surface area contributed by atoms with Crippen LogP contribution in [0.5, 0.6) is 0 Å². The van der Waals surface area contributed by atoms with Gasteiger partial charge in [-0.15, -0.1) is 0 Å². The van der Waals surface area contributed by atoms with Crippen molar-refractivity contribution < 1.29 is 14.3 Å². The molecule has 0 saturated carbocycles. The molecule has 2 aromatic carbocycles. The molecule has 1 aliphatic rings. The van der Waals surface area contributed by atoms with E-state index in [9.17, 15) is 9.59 Å². The second kappa shape index (κ2) is 9.94. The predicted molar refractivity (Wildman–Crippen MR) is 120 cm³/mol. The first-order chi connectivity index (χ1) is 15.1. The van der Waals surface area contributed by atoms with Gasteiger partial charge in [0.25, 0.3) is 0 Å². The maximum atomic E-state index is 12.7. The van der Waals surface area contributed by atoms with Crippen molar-refractivity contribution in [3.05, 3.63) is 59.4 Å². The van der Waals surface area contributed by atoms with Gasteiger partial charge in [-0.05, 0) is 55.7 Å². The summed E-state index contributed by atoms with van der Waals surface area (Å²) < 4.78 is 7.34. The molecular weight excluding hydrogens is 416 g/mol. The fourth-order valence-electron chi connectivity index (χ4n) is 3.73. The molecular formula is C23H25ClN4O3. The number of rotatable bonds is 8. The standard InChI is InChI=1S/C23H25ClN4O3/c24-16-9-11-17(12-10-16)26-22(29)15-28-19-6-2-1-5-18(19)27-21(28)8-3-13-25-23(30)20-7-4-14-31-20/h1-2,5-6,9-12,20H,3-4,7-8,13-15H2,(H,25,30)(H,26,29). The topological polar surface area (TPSA) is 85.2 Å². The molecule has 1 aliphatic heterocycles. The van der Waals surface area contributed by atoms with E-state index in [1.165, 1.54) is 0 Å². The minimum Gasteiger partial charge on any atom is -0.368 e. The quantitative estimate of drug-likeness (QED) is 0.524. The van der Waals surface area contributed by atoms with Crippen molar-refractivity contribution in [3.63, 3.8) is 0 Å². The van der Waals surface area contributed by atoms with Crippen molar-refractivity contribution >= 4 is 40.1 Å². The Balaban J connectivity index is 1.39. The van der Waals surface area contributed by atoms with E-state index in [0.717, 1.165) is 36.1 Å². The average molecular weight is 441 g/mol. The number of carbonyl (C=O) groups is 2. The van der Waals surface area contributed by atoms with Crippen LogP contribution in [0.3, 0.4) is 0 Å². The number of imidazole rings is 1. The van der Waals surface area contributed by atoms with Gasteiger partial charge in [0.05, 0.1) is 11.0 Å². The summed E-state index contributed by atoms with van der Waals surface area (Å²) >= 11 is 5.91. The molecule has 162 valence electrons. The molecule has 4 rings (SSSR count). The van der Waals surface area contributed by atoms with Crippen LogP contribution in [0.2, 0.25) is 5.02 Å². The number of para-hydroxylation sites is 2. The Labute approximate surface area is 185 Å². The molecule has 2 amide bonds. The van der Waals surface area contributed by atoms with E-state index >= 15 is 0 Å². The van der Waals surface area contributed by atoms with Crippen molar-refractivity contribution in [2.24, 2.45) is 0 Å². The lowest BCUT2D eigenvalue weighted by Crippen LogP contribution is -2.34. The highest BCUT2D eigenvalue weighted by molar-refractivity contribution is 6.30. The Morgan fingerprint density at radius 2 is 1.97 bits per heavy atom. The van der Waals surface area contributed by atoms with Crippen molar-refractivity contribution in [1.82, 2.24) is 14.9 Å². The van der Waals surface area contributed by atoms with Gasteiger partial charge in [-0.2, -0.15) is 0 Å². The van der Waals surface area contributed by atoms with Crippen molar-refractivity contribution in [1.29, 1.82) is 0 Å². The lowest BCUT2D eigenvalue weighted by Gasteiger charge is -2.12. The summed E-state index contributed by atoms with van der Waals surface area (Å²) in [6.45, 7) is 1.35. The number of halogens is 1. The highest BCUT2D eigenvalue weighted by atomic mass is 35.5. The molecule has 0 radical (unpaired) electrons. The van der Waals surface area contributed by atoms with E-state index in [-0.39, 0.29) is 24.5 Å². The molecule has 1 saturated heterocycles. The van der Waals surface area contributed by atoms with E-state index in [1.54, 1.807) is 24.3 Å². The third kappa shape index (κ3) is 5.42. The molecule has 8 heteroatoms. The van der Waals surface area contributed by atoms with Crippen LogP contribution < -0.4 is 10.6 Å². The SMILES string of the molecule is O=C(Cn1c(CCCNC(=O)C2CCCO2)nc2ccccc21)Nc1ccc(Cl)cc1. The van der Waals surface area contributed by atoms with Crippen molar-refractivity contribution in [2.45, 2.75) is 38.3 Å². The van der Waals surface area contributed by atoms with Gasteiger partial charge in [-0.25, -0.2) is 4.98 Å². The largest absolute Gasteiger partial charge is 0.368 e. The first-order valence-electron chi connectivity index (χ1n) is 10.5.